The molecule has 0 saturated carbocycles. The average molecular weight is 213 g/mol. The summed E-state index contributed by atoms with van der Waals surface area (Å²) in [5, 5.41) is 0. The zero-order valence-corrected chi connectivity index (χ0v) is 8.25. The maximum atomic E-state index is 13.0. The minimum Gasteiger partial charge on any atom is -0.408 e. The van der Waals surface area contributed by atoms with Gasteiger partial charge in [-0.15, -0.1) is 0 Å². The summed E-state index contributed by atoms with van der Waals surface area (Å²) >= 11 is 0. The summed E-state index contributed by atoms with van der Waals surface area (Å²) in [7, 11) is 1.53. The monoisotopic (exact) mass is 213 g/mol. The molecule has 5 heteroatoms. The molecule has 2 aromatic rings. The van der Waals surface area contributed by atoms with Crippen LogP contribution in [0.15, 0.2) is 27.4 Å². The molecule has 15 heavy (non-hydrogen) atoms. The van der Waals surface area contributed by atoms with Gasteiger partial charge in [0.15, 0.2) is 5.58 Å². The van der Waals surface area contributed by atoms with Crippen LogP contribution in [0, 0.1) is 0 Å². The Bertz CT molecular complexity index is 563. The Hall–Kier alpha value is -1.65. The molecule has 1 aromatic carbocycles. The molecule has 2 rings (SSSR count). The van der Waals surface area contributed by atoms with Crippen LogP contribution in [-0.4, -0.2) is 4.57 Å². The van der Waals surface area contributed by atoms with Gasteiger partial charge >= 0.3 is 5.76 Å². The van der Waals surface area contributed by atoms with Crippen molar-refractivity contribution < 1.29 is 13.2 Å². The van der Waals surface area contributed by atoms with Gasteiger partial charge in [0.1, 0.15) is 0 Å². The van der Waals surface area contributed by atoms with Crippen molar-refractivity contribution in [2.75, 3.05) is 0 Å². The van der Waals surface area contributed by atoms with Gasteiger partial charge in [0.05, 0.1) is 5.52 Å². The second-order valence-electron chi connectivity index (χ2n) is 3.50. The van der Waals surface area contributed by atoms with E-state index in [-0.39, 0.29) is 11.1 Å². The van der Waals surface area contributed by atoms with Crippen molar-refractivity contribution in [3.63, 3.8) is 0 Å². The molecule has 3 nitrogen and oxygen atoms in total. The number of oxazole rings is 1. The maximum absolute atomic E-state index is 13.0. The molecular weight excluding hydrogens is 204 g/mol. The number of rotatable bonds is 1. The first-order valence-corrected chi connectivity index (χ1v) is 4.37. The molecule has 0 aliphatic heterocycles. The number of alkyl halides is 2. The molecule has 0 fully saturated rings. The molecule has 0 atom stereocenters. The Balaban J connectivity index is 2.73. The van der Waals surface area contributed by atoms with E-state index in [1.54, 1.807) is 0 Å². The number of hydrogen-bond acceptors (Lipinski definition) is 2. The molecule has 0 aliphatic rings. The quantitative estimate of drug-likeness (QED) is 0.728. The highest BCUT2D eigenvalue weighted by Gasteiger charge is 2.25. The Morgan fingerprint density at radius 3 is 2.67 bits per heavy atom. The molecule has 0 unspecified atom stereocenters. The van der Waals surface area contributed by atoms with E-state index < -0.39 is 11.7 Å². The van der Waals surface area contributed by atoms with Gasteiger partial charge < -0.3 is 4.42 Å². The van der Waals surface area contributed by atoms with Crippen LogP contribution in [0.1, 0.15) is 12.5 Å². The summed E-state index contributed by atoms with van der Waals surface area (Å²) in [4.78, 5) is 11.1. The van der Waals surface area contributed by atoms with Gasteiger partial charge in [-0.2, -0.15) is 0 Å². The average Bonchev–Trinajstić information content (AvgIpc) is 2.41. The predicted octanol–water partition coefficient (Wildman–Crippen LogP) is 2.24. The summed E-state index contributed by atoms with van der Waals surface area (Å²) < 4.78 is 32.0. The van der Waals surface area contributed by atoms with E-state index in [4.69, 9.17) is 4.42 Å². The molecule has 0 N–H and O–H groups in total. The molecule has 0 amide bonds. The summed E-state index contributed by atoms with van der Waals surface area (Å²) in [6.45, 7) is 0.801. The van der Waals surface area contributed by atoms with Crippen LogP contribution in [0.25, 0.3) is 11.1 Å². The highest BCUT2D eigenvalue weighted by atomic mass is 19.3. The Labute approximate surface area is 83.9 Å². The molecule has 1 aromatic heterocycles. The van der Waals surface area contributed by atoms with E-state index in [2.05, 4.69) is 0 Å². The third kappa shape index (κ3) is 1.54. The van der Waals surface area contributed by atoms with Crippen molar-refractivity contribution in [3.8, 4) is 0 Å². The van der Waals surface area contributed by atoms with Gasteiger partial charge in [-0.1, -0.05) is 6.07 Å². The van der Waals surface area contributed by atoms with E-state index in [1.807, 2.05) is 0 Å². The maximum Gasteiger partial charge on any atom is 0.419 e. The Kier molecular flexibility index (Phi) is 1.92. The van der Waals surface area contributed by atoms with Crippen LogP contribution in [0.5, 0.6) is 0 Å². The third-order valence-corrected chi connectivity index (χ3v) is 2.30. The largest absolute Gasteiger partial charge is 0.419 e. The molecule has 0 radical (unpaired) electrons. The summed E-state index contributed by atoms with van der Waals surface area (Å²) in [6, 6.07) is 3.93. The molecule has 1 heterocycles. The second kappa shape index (κ2) is 2.92. The summed E-state index contributed by atoms with van der Waals surface area (Å²) in [6.07, 6.45) is 0. The number of halogens is 2. The number of aromatic nitrogens is 1. The smallest absolute Gasteiger partial charge is 0.408 e. The number of hydrogen-bond donors (Lipinski definition) is 0. The van der Waals surface area contributed by atoms with Crippen molar-refractivity contribution in [2.45, 2.75) is 12.8 Å². The van der Waals surface area contributed by atoms with Crippen LogP contribution in [0.3, 0.4) is 0 Å². The SMILES string of the molecule is Cn1c(=O)oc2cc(C(C)(F)F)ccc21. The van der Waals surface area contributed by atoms with Gasteiger partial charge in [0.2, 0.25) is 0 Å². The Morgan fingerprint density at radius 2 is 2.07 bits per heavy atom. The molecule has 80 valence electrons. The van der Waals surface area contributed by atoms with Crippen LogP contribution in [0.4, 0.5) is 8.78 Å². The first-order chi connectivity index (χ1) is 6.89. The molecule has 0 saturated heterocycles. The predicted molar refractivity (Wildman–Crippen MR) is 51.0 cm³/mol. The molecular formula is C10H9F2NO2. The van der Waals surface area contributed by atoms with Gasteiger partial charge in [-0.05, 0) is 12.1 Å². The fourth-order valence-electron chi connectivity index (χ4n) is 1.41. The third-order valence-electron chi connectivity index (χ3n) is 2.30. The normalized spacial score (nSPS) is 12.3. The van der Waals surface area contributed by atoms with E-state index in [0.717, 1.165) is 6.92 Å². The van der Waals surface area contributed by atoms with Crippen molar-refractivity contribution >= 4 is 11.1 Å². The first-order valence-electron chi connectivity index (χ1n) is 4.37. The number of aryl methyl sites for hydroxylation is 1. The van der Waals surface area contributed by atoms with Crippen LogP contribution in [-0.2, 0) is 13.0 Å². The zero-order valence-electron chi connectivity index (χ0n) is 8.25. The van der Waals surface area contributed by atoms with E-state index in [1.165, 1.54) is 29.8 Å². The first kappa shape index (κ1) is 9.89. The van der Waals surface area contributed by atoms with Crippen molar-refractivity contribution in [1.82, 2.24) is 4.57 Å². The van der Waals surface area contributed by atoms with Gasteiger partial charge in [0, 0.05) is 19.5 Å². The summed E-state index contributed by atoms with van der Waals surface area (Å²) in [5.41, 5.74) is 0.527. The lowest BCUT2D eigenvalue weighted by Crippen LogP contribution is -2.08. The lowest BCUT2D eigenvalue weighted by molar-refractivity contribution is 0.0175. The highest BCUT2D eigenvalue weighted by molar-refractivity contribution is 5.73. The summed E-state index contributed by atoms with van der Waals surface area (Å²) in [5.74, 6) is -3.48. The minimum absolute atomic E-state index is 0.163. The van der Waals surface area contributed by atoms with Gasteiger partial charge in [-0.3, -0.25) is 4.57 Å². The fourth-order valence-corrected chi connectivity index (χ4v) is 1.41. The van der Waals surface area contributed by atoms with Gasteiger partial charge in [0.25, 0.3) is 5.92 Å². The number of benzene rings is 1. The molecule has 0 aliphatic carbocycles. The topological polar surface area (TPSA) is 35.1 Å². The molecule has 0 bridgehead atoms. The van der Waals surface area contributed by atoms with Crippen LogP contribution < -0.4 is 5.76 Å². The van der Waals surface area contributed by atoms with E-state index >= 15 is 0 Å². The van der Waals surface area contributed by atoms with E-state index in [0.29, 0.717) is 5.52 Å². The molecule has 0 spiro atoms. The highest BCUT2D eigenvalue weighted by Crippen LogP contribution is 2.28. The lowest BCUT2D eigenvalue weighted by Gasteiger charge is -2.09. The standard InChI is InChI=1S/C10H9F2NO2/c1-10(11,12)6-3-4-7-8(5-6)15-9(14)13(7)2/h3-5H,1-2H3. The minimum atomic E-state index is -2.93. The van der Waals surface area contributed by atoms with Crippen molar-refractivity contribution in [1.29, 1.82) is 0 Å². The van der Waals surface area contributed by atoms with E-state index in [9.17, 15) is 13.6 Å². The zero-order chi connectivity index (χ0) is 11.2. The van der Waals surface area contributed by atoms with Crippen LogP contribution >= 0.6 is 0 Å². The van der Waals surface area contributed by atoms with Crippen LogP contribution in [0.2, 0.25) is 0 Å². The van der Waals surface area contributed by atoms with Gasteiger partial charge in [-0.25, -0.2) is 13.6 Å². The second-order valence-corrected chi connectivity index (χ2v) is 3.50. The lowest BCUT2D eigenvalue weighted by atomic mass is 10.1. The van der Waals surface area contributed by atoms with Crippen molar-refractivity contribution in [2.24, 2.45) is 7.05 Å². The fraction of sp³-hybridized carbons (Fsp3) is 0.300. The van der Waals surface area contributed by atoms with Crippen molar-refractivity contribution in [3.05, 3.63) is 34.3 Å². The Morgan fingerprint density at radius 1 is 1.40 bits per heavy atom. The number of nitrogens with zero attached hydrogens (tertiary/aromatic N) is 1. The number of fused-ring (bicyclic) bond motifs is 1.